The first-order chi connectivity index (χ1) is 8.33. The number of nitrogens with one attached hydrogen (secondary N) is 2. The Morgan fingerprint density at radius 2 is 2.35 bits per heavy atom. The van der Waals surface area contributed by atoms with E-state index in [0.29, 0.717) is 6.54 Å². The second-order valence-electron chi connectivity index (χ2n) is 3.44. The Kier molecular flexibility index (Phi) is 2.66. The topological polar surface area (TPSA) is 66.5 Å². The average Bonchev–Trinajstić information content (AvgIpc) is 2.95. The Bertz CT molecular complexity index is 633. The molecule has 17 heavy (non-hydrogen) atoms. The molecule has 0 atom stereocenters. The fraction of sp³-hybridized carbons (Fsp3) is 0.100. The molecule has 0 amide bonds. The van der Waals surface area contributed by atoms with Crippen molar-refractivity contribution >= 4 is 39.0 Å². The smallest absolute Gasteiger partial charge is 0.225 e. The van der Waals surface area contributed by atoms with Crippen molar-refractivity contribution in [3.63, 3.8) is 0 Å². The molecule has 0 bridgehead atoms. The number of rotatable bonds is 3. The molecule has 0 unspecified atom stereocenters. The Labute approximate surface area is 106 Å². The fourth-order valence-corrected chi connectivity index (χ4v) is 2.51. The number of anilines is 1. The number of halogens is 1. The summed E-state index contributed by atoms with van der Waals surface area (Å²) < 4.78 is 0. The maximum atomic E-state index is 5.87. The van der Waals surface area contributed by atoms with Crippen LogP contribution in [0.5, 0.6) is 0 Å². The van der Waals surface area contributed by atoms with E-state index in [0.717, 1.165) is 21.6 Å². The highest BCUT2D eigenvalue weighted by Gasteiger charge is 2.07. The zero-order valence-electron chi connectivity index (χ0n) is 8.64. The van der Waals surface area contributed by atoms with Crippen molar-refractivity contribution in [2.24, 2.45) is 0 Å². The number of nitrogens with zero attached hydrogens (tertiary/aromatic N) is 3. The van der Waals surface area contributed by atoms with Crippen molar-refractivity contribution in [1.82, 2.24) is 20.2 Å². The van der Waals surface area contributed by atoms with Crippen LogP contribution in [0.1, 0.15) is 5.56 Å². The first kappa shape index (κ1) is 10.5. The maximum absolute atomic E-state index is 5.87. The molecule has 0 aromatic carbocycles. The van der Waals surface area contributed by atoms with Crippen LogP contribution in [0.2, 0.25) is 5.28 Å². The van der Waals surface area contributed by atoms with Gasteiger partial charge in [0.05, 0.1) is 11.6 Å². The van der Waals surface area contributed by atoms with Crippen LogP contribution in [0.15, 0.2) is 23.8 Å². The molecule has 2 N–H and O–H groups in total. The summed E-state index contributed by atoms with van der Waals surface area (Å²) in [5.41, 5.74) is 1.06. The monoisotopic (exact) mass is 265 g/mol. The summed E-state index contributed by atoms with van der Waals surface area (Å²) in [6, 6.07) is 1.98. The highest BCUT2D eigenvalue weighted by atomic mass is 35.5. The van der Waals surface area contributed by atoms with Gasteiger partial charge in [0.25, 0.3) is 0 Å². The van der Waals surface area contributed by atoms with Crippen molar-refractivity contribution in [2.45, 2.75) is 6.54 Å². The average molecular weight is 266 g/mol. The first-order valence-electron chi connectivity index (χ1n) is 4.95. The van der Waals surface area contributed by atoms with Crippen molar-refractivity contribution < 1.29 is 0 Å². The SMILES string of the molecule is Clc1nc(NCc2cn[nH]c2)c2ccsc2n1. The zero-order chi connectivity index (χ0) is 11.7. The minimum Gasteiger partial charge on any atom is -0.365 e. The van der Waals surface area contributed by atoms with Gasteiger partial charge in [-0.2, -0.15) is 5.10 Å². The second-order valence-corrected chi connectivity index (χ2v) is 4.67. The Hall–Kier alpha value is -1.66. The van der Waals surface area contributed by atoms with Crippen molar-refractivity contribution in [1.29, 1.82) is 0 Å². The molecule has 0 aliphatic rings. The van der Waals surface area contributed by atoms with Gasteiger partial charge >= 0.3 is 0 Å². The summed E-state index contributed by atoms with van der Waals surface area (Å²) in [4.78, 5) is 9.24. The molecule has 86 valence electrons. The van der Waals surface area contributed by atoms with Crippen molar-refractivity contribution in [3.05, 3.63) is 34.7 Å². The number of hydrogen-bond acceptors (Lipinski definition) is 5. The van der Waals surface area contributed by atoms with E-state index >= 15 is 0 Å². The molecular weight excluding hydrogens is 258 g/mol. The number of aromatic nitrogens is 4. The van der Waals surface area contributed by atoms with Crippen LogP contribution < -0.4 is 5.32 Å². The van der Waals surface area contributed by atoms with E-state index in [-0.39, 0.29) is 5.28 Å². The summed E-state index contributed by atoms with van der Waals surface area (Å²) >= 11 is 7.41. The number of thiophene rings is 1. The van der Waals surface area contributed by atoms with Gasteiger partial charge in [0.2, 0.25) is 5.28 Å². The van der Waals surface area contributed by atoms with Crippen LogP contribution in [0.4, 0.5) is 5.82 Å². The molecule has 0 fully saturated rings. The predicted molar refractivity (Wildman–Crippen MR) is 68.3 cm³/mol. The van der Waals surface area contributed by atoms with Gasteiger partial charge in [0.15, 0.2) is 0 Å². The van der Waals surface area contributed by atoms with Gasteiger partial charge in [-0.05, 0) is 23.0 Å². The third-order valence-electron chi connectivity index (χ3n) is 2.31. The Balaban J connectivity index is 1.91. The van der Waals surface area contributed by atoms with Crippen molar-refractivity contribution in [2.75, 3.05) is 5.32 Å². The normalized spacial score (nSPS) is 10.9. The number of fused-ring (bicyclic) bond motifs is 1. The lowest BCUT2D eigenvalue weighted by molar-refractivity contribution is 1.09. The summed E-state index contributed by atoms with van der Waals surface area (Å²) in [5.74, 6) is 0.752. The Morgan fingerprint density at radius 3 is 3.18 bits per heavy atom. The number of H-pyrrole nitrogens is 1. The van der Waals surface area contributed by atoms with E-state index in [4.69, 9.17) is 11.6 Å². The van der Waals surface area contributed by atoms with Crippen LogP contribution in [0, 0.1) is 0 Å². The number of aromatic amines is 1. The van der Waals surface area contributed by atoms with Crippen LogP contribution in [0.25, 0.3) is 10.2 Å². The second kappa shape index (κ2) is 4.31. The quantitative estimate of drug-likeness (QED) is 0.715. The van der Waals surface area contributed by atoms with Crippen LogP contribution in [0.3, 0.4) is 0 Å². The minimum absolute atomic E-state index is 0.259. The molecule has 0 aliphatic heterocycles. The van der Waals surface area contributed by atoms with E-state index in [1.54, 1.807) is 17.5 Å². The van der Waals surface area contributed by atoms with Crippen LogP contribution in [-0.4, -0.2) is 20.2 Å². The largest absolute Gasteiger partial charge is 0.365 e. The van der Waals surface area contributed by atoms with Gasteiger partial charge in [-0.3, -0.25) is 5.10 Å². The maximum Gasteiger partial charge on any atom is 0.225 e. The molecule has 3 rings (SSSR count). The van der Waals surface area contributed by atoms with E-state index in [2.05, 4.69) is 25.5 Å². The van der Waals surface area contributed by atoms with E-state index < -0.39 is 0 Å². The third-order valence-corrected chi connectivity index (χ3v) is 3.29. The highest BCUT2D eigenvalue weighted by molar-refractivity contribution is 7.16. The van der Waals surface area contributed by atoms with Crippen LogP contribution in [-0.2, 0) is 6.54 Å². The van der Waals surface area contributed by atoms with Gasteiger partial charge in [-0.15, -0.1) is 11.3 Å². The molecule has 0 spiro atoms. The molecule has 3 aromatic heterocycles. The van der Waals surface area contributed by atoms with Crippen molar-refractivity contribution in [3.8, 4) is 0 Å². The molecule has 0 radical (unpaired) electrons. The molecule has 5 nitrogen and oxygen atoms in total. The summed E-state index contributed by atoms with van der Waals surface area (Å²) in [6.07, 6.45) is 3.60. The van der Waals surface area contributed by atoms with E-state index in [1.807, 2.05) is 17.6 Å². The molecule has 3 heterocycles. The van der Waals surface area contributed by atoms with Gasteiger partial charge in [-0.25, -0.2) is 9.97 Å². The predicted octanol–water partition coefficient (Wildman–Crippen LogP) is 2.68. The summed E-state index contributed by atoms with van der Waals surface area (Å²) in [7, 11) is 0. The van der Waals surface area contributed by atoms with E-state index in [1.165, 1.54) is 0 Å². The molecule has 7 heteroatoms. The summed E-state index contributed by atoms with van der Waals surface area (Å²) in [5, 5.41) is 13.1. The summed E-state index contributed by atoms with van der Waals surface area (Å²) in [6.45, 7) is 0.648. The lowest BCUT2D eigenvalue weighted by Crippen LogP contribution is -2.01. The molecule has 3 aromatic rings. The van der Waals surface area contributed by atoms with Gasteiger partial charge < -0.3 is 5.32 Å². The molecule has 0 aliphatic carbocycles. The number of hydrogen-bond donors (Lipinski definition) is 2. The zero-order valence-corrected chi connectivity index (χ0v) is 10.2. The lowest BCUT2D eigenvalue weighted by atomic mass is 10.3. The lowest BCUT2D eigenvalue weighted by Gasteiger charge is -2.05. The van der Waals surface area contributed by atoms with Crippen LogP contribution >= 0.6 is 22.9 Å². The van der Waals surface area contributed by atoms with Gasteiger partial charge in [0, 0.05) is 18.3 Å². The Morgan fingerprint density at radius 1 is 1.41 bits per heavy atom. The highest BCUT2D eigenvalue weighted by Crippen LogP contribution is 2.26. The first-order valence-corrected chi connectivity index (χ1v) is 6.21. The molecule has 0 saturated heterocycles. The molecular formula is C10H8ClN5S. The van der Waals surface area contributed by atoms with E-state index in [9.17, 15) is 0 Å². The third kappa shape index (κ3) is 2.09. The minimum atomic E-state index is 0.259. The molecule has 0 saturated carbocycles. The standard InChI is InChI=1S/C10H8ClN5S/c11-10-15-8(7-1-2-17-9(7)16-10)12-3-6-4-13-14-5-6/h1-2,4-5H,3H2,(H,13,14)(H,12,15,16). The van der Waals surface area contributed by atoms with Gasteiger partial charge in [-0.1, -0.05) is 0 Å². The van der Waals surface area contributed by atoms with Gasteiger partial charge in [0.1, 0.15) is 10.6 Å². The fourth-order valence-electron chi connectivity index (χ4n) is 1.52.